The third kappa shape index (κ3) is 3.31. The van der Waals surface area contributed by atoms with Crippen LogP contribution in [-0.4, -0.2) is 5.11 Å². The van der Waals surface area contributed by atoms with Crippen molar-refractivity contribution in [2.24, 2.45) is 10.2 Å². The summed E-state index contributed by atoms with van der Waals surface area (Å²) in [7, 11) is 0. The van der Waals surface area contributed by atoms with E-state index in [1.807, 2.05) is 0 Å². The van der Waals surface area contributed by atoms with Gasteiger partial charge in [-0.25, -0.2) is 0 Å². The van der Waals surface area contributed by atoms with E-state index >= 15 is 0 Å². The number of aromatic hydroxyl groups is 1. The van der Waals surface area contributed by atoms with E-state index in [1.54, 1.807) is 18.2 Å². The third-order valence-electron chi connectivity index (χ3n) is 2.35. The van der Waals surface area contributed by atoms with Crippen molar-refractivity contribution >= 4 is 11.4 Å². The molecule has 2 aromatic rings. The van der Waals surface area contributed by atoms with Crippen molar-refractivity contribution < 1.29 is 18.3 Å². The molecule has 0 bridgehead atoms. The first-order valence-corrected chi connectivity index (χ1v) is 5.34. The van der Waals surface area contributed by atoms with E-state index in [-0.39, 0.29) is 17.1 Å². The maximum Gasteiger partial charge on any atom is 0.416 e. The molecule has 0 amide bonds. The number of nitrogens with zero attached hydrogens (tertiary/aromatic N) is 2. The predicted molar refractivity (Wildman–Crippen MR) is 63.7 cm³/mol. The van der Waals surface area contributed by atoms with Crippen LogP contribution in [-0.2, 0) is 6.18 Å². The molecule has 2 rings (SSSR count). The summed E-state index contributed by atoms with van der Waals surface area (Å²) in [5.74, 6) is -0.0434. The molecule has 0 aliphatic carbocycles. The zero-order valence-corrected chi connectivity index (χ0v) is 9.59. The van der Waals surface area contributed by atoms with E-state index in [2.05, 4.69) is 10.2 Å². The third-order valence-corrected chi connectivity index (χ3v) is 2.35. The van der Waals surface area contributed by atoms with Crippen molar-refractivity contribution in [2.75, 3.05) is 0 Å². The molecule has 6 heteroatoms. The number of phenolic OH excluding ortho intramolecular Hbond substituents is 1. The van der Waals surface area contributed by atoms with Crippen LogP contribution < -0.4 is 0 Å². The summed E-state index contributed by atoms with van der Waals surface area (Å²) >= 11 is 0. The summed E-state index contributed by atoms with van der Waals surface area (Å²) < 4.78 is 37.0. The average molecular weight is 266 g/mol. The Morgan fingerprint density at radius 2 is 1.47 bits per heavy atom. The Hall–Kier alpha value is -2.37. The van der Waals surface area contributed by atoms with Crippen molar-refractivity contribution in [3.63, 3.8) is 0 Å². The summed E-state index contributed by atoms with van der Waals surface area (Å²) in [6, 6.07) is 10.6. The molecule has 0 aliphatic heterocycles. The van der Waals surface area contributed by atoms with Gasteiger partial charge in [0.25, 0.3) is 0 Å². The zero-order chi connectivity index (χ0) is 13.9. The summed E-state index contributed by atoms with van der Waals surface area (Å²) in [6.45, 7) is 0. The lowest BCUT2D eigenvalue weighted by molar-refractivity contribution is -0.137. The molecule has 0 spiro atoms. The van der Waals surface area contributed by atoms with E-state index in [4.69, 9.17) is 0 Å². The fourth-order valence-electron chi connectivity index (χ4n) is 1.38. The molecule has 0 aromatic heterocycles. The van der Waals surface area contributed by atoms with Gasteiger partial charge in [0.2, 0.25) is 0 Å². The highest BCUT2D eigenvalue weighted by Gasteiger charge is 2.29. The second-order valence-corrected chi connectivity index (χ2v) is 3.73. The number of benzene rings is 2. The first-order chi connectivity index (χ1) is 8.97. The predicted octanol–water partition coefficient (Wildman–Crippen LogP) is 4.83. The molecule has 98 valence electrons. The number of hydrogen-bond acceptors (Lipinski definition) is 3. The van der Waals surface area contributed by atoms with Crippen molar-refractivity contribution in [1.29, 1.82) is 0 Å². The van der Waals surface area contributed by atoms with Gasteiger partial charge in [0, 0.05) is 0 Å². The summed E-state index contributed by atoms with van der Waals surface area (Å²) in [4.78, 5) is 0. The average Bonchev–Trinajstić information content (AvgIpc) is 2.37. The van der Waals surface area contributed by atoms with Crippen LogP contribution in [0, 0.1) is 0 Å². The summed E-state index contributed by atoms with van der Waals surface area (Å²) in [6.07, 6.45) is -4.37. The number of hydrogen-bond donors (Lipinski definition) is 1. The van der Waals surface area contributed by atoms with Crippen LogP contribution in [0.25, 0.3) is 0 Å². The number of azo groups is 1. The van der Waals surface area contributed by atoms with Crippen molar-refractivity contribution in [1.82, 2.24) is 0 Å². The number of rotatable bonds is 2. The Morgan fingerprint density at radius 1 is 0.842 bits per heavy atom. The minimum Gasteiger partial charge on any atom is -0.506 e. The van der Waals surface area contributed by atoms with Crippen LogP contribution >= 0.6 is 0 Å². The van der Waals surface area contributed by atoms with E-state index in [0.717, 1.165) is 12.1 Å². The molecule has 0 saturated carbocycles. The summed E-state index contributed by atoms with van der Waals surface area (Å²) in [5.41, 5.74) is -0.215. The molecule has 0 unspecified atom stereocenters. The molecule has 0 fully saturated rings. The van der Waals surface area contributed by atoms with E-state index in [9.17, 15) is 18.3 Å². The molecule has 19 heavy (non-hydrogen) atoms. The molecule has 0 aliphatic rings. The van der Waals surface area contributed by atoms with Gasteiger partial charge in [-0.05, 0) is 36.4 Å². The summed E-state index contributed by atoms with van der Waals surface area (Å²) in [5, 5.41) is 17.0. The number of halogens is 3. The number of para-hydroxylation sites is 1. The van der Waals surface area contributed by atoms with Crippen LogP contribution in [0.15, 0.2) is 58.8 Å². The minimum atomic E-state index is -4.37. The standard InChI is InChI=1S/C13H9F3N2O/c14-13(15,16)9-5-7-10(8-6-9)17-18-11-3-1-2-4-12(11)19/h1-8,19H. The monoisotopic (exact) mass is 266 g/mol. The first-order valence-electron chi connectivity index (χ1n) is 5.34. The van der Waals surface area contributed by atoms with Crippen LogP contribution in [0.4, 0.5) is 24.5 Å². The molecule has 2 aromatic carbocycles. The highest BCUT2D eigenvalue weighted by Crippen LogP contribution is 2.31. The Labute approximate surface area is 107 Å². The lowest BCUT2D eigenvalue weighted by Crippen LogP contribution is -2.03. The van der Waals surface area contributed by atoms with Crippen LogP contribution in [0.1, 0.15) is 5.56 Å². The normalized spacial score (nSPS) is 11.9. The molecule has 0 radical (unpaired) electrons. The Balaban J connectivity index is 2.19. The SMILES string of the molecule is Oc1ccccc1N=Nc1ccc(C(F)(F)F)cc1. The van der Waals surface area contributed by atoms with Gasteiger partial charge in [-0.15, -0.1) is 5.11 Å². The van der Waals surface area contributed by atoms with Crippen molar-refractivity contribution in [3.8, 4) is 5.75 Å². The maximum absolute atomic E-state index is 12.3. The van der Waals surface area contributed by atoms with Gasteiger partial charge in [-0.3, -0.25) is 0 Å². The van der Waals surface area contributed by atoms with Gasteiger partial charge in [0.15, 0.2) is 0 Å². The van der Waals surface area contributed by atoms with Crippen molar-refractivity contribution in [3.05, 3.63) is 54.1 Å². The van der Waals surface area contributed by atoms with Crippen LogP contribution in [0.2, 0.25) is 0 Å². The van der Waals surface area contributed by atoms with Gasteiger partial charge >= 0.3 is 6.18 Å². The largest absolute Gasteiger partial charge is 0.506 e. The van der Waals surface area contributed by atoms with E-state index < -0.39 is 11.7 Å². The van der Waals surface area contributed by atoms with Crippen molar-refractivity contribution in [2.45, 2.75) is 6.18 Å². The van der Waals surface area contributed by atoms with Crippen LogP contribution in [0.5, 0.6) is 5.75 Å². The second-order valence-electron chi connectivity index (χ2n) is 3.73. The molecule has 3 nitrogen and oxygen atoms in total. The van der Waals surface area contributed by atoms with Crippen LogP contribution in [0.3, 0.4) is 0 Å². The first kappa shape index (κ1) is 13.1. The van der Waals surface area contributed by atoms with Gasteiger partial charge in [0.1, 0.15) is 11.4 Å². The quantitative estimate of drug-likeness (QED) is 0.777. The second kappa shape index (κ2) is 5.09. The van der Waals surface area contributed by atoms with Gasteiger partial charge in [0.05, 0.1) is 11.3 Å². The molecular formula is C13H9F3N2O. The van der Waals surface area contributed by atoms with E-state index in [1.165, 1.54) is 18.2 Å². The number of phenols is 1. The fourth-order valence-corrected chi connectivity index (χ4v) is 1.38. The topological polar surface area (TPSA) is 45.0 Å². The van der Waals surface area contributed by atoms with Gasteiger partial charge in [-0.1, -0.05) is 12.1 Å². The van der Waals surface area contributed by atoms with Gasteiger partial charge < -0.3 is 5.11 Å². The fraction of sp³-hybridized carbons (Fsp3) is 0.0769. The zero-order valence-electron chi connectivity index (χ0n) is 9.59. The Morgan fingerprint density at radius 3 is 2.05 bits per heavy atom. The lowest BCUT2D eigenvalue weighted by Gasteiger charge is -2.05. The minimum absolute atomic E-state index is 0.0434. The smallest absolute Gasteiger partial charge is 0.416 e. The lowest BCUT2D eigenvalue weighted by atomic mass is 10.2. The van der Waals surface area contributed by atoms with Gasteiger partial charge in [-0.2, -0.15) is 18.3 Å². The molecule has 1 N–H and O–H groups in total. The number of alkyl halides is 3. The Bertz CT molecular complexity index is 592. The Kier molecular flexibility index (Phi) is 3.50. The highest BCUT2D eigenvalue weighted by molar-refractivity contribution is 5.50. The molecule has 0 saturated heterocycles. The maximum atomic E-state index is 12.3. The highest BCUT2D eigenvalue weighted by atomic mass is 19.4. The molecular weight excluding hydrogens is 257 g/mol. The molecule has 0 heterocycles. The molecule has 0 atom stereocenters. The van der Waals surface area contributed by atoms with E-state index in [0.29, 0.717) is 0 Å².